The fraction of sp³-hybridized carbons (Fsp3) is 0.500. The number of halogens is 3. The first kappa shape index (κ1) is 14.6. The van der Waals surface area contributed by atoms with Gasteiger partial charge in [0, 0.05) is 6.04 Å². The third kappa shape index (κ3) is 3.29. The van der Waals surface area contributed by atoms with Gasteiger partial charge in [-0.05, 0) is 31.0 Å². The van der Waals surface area contributed by atoms with Gasteiger partial charge in [0.25, 0.3) is 0 Å². The molecule has 0 amide bonds. The molecule has 18 heavy (non-hydrogen) atoms. The van der Waals surface area contributed by atoms with Crippen LogP contribution >= 0.6 is 0 Å². The van der Waals surface area contributed by atoms with Crippen LogP contribution in [0.3, 0.4) is 0 Å². The molecule has 0 aromatic heterocycles. The molecular weight excluding hydrogens is 247 g/mol. The van der Waals surface area contributed by atoms with Crippen LogP contribution in [0.1, 0.15) is 18.1 Å². The zero-order valence-electron chi connectivity index (χ0n) is 10.5. The molecule has 0 saturated heterocycles. The summed E-state index contributed by atoms with van der Waals surface area (Å²) in [5.74, 6) is -0.0561. The summed E-state index contributed by atoms with van der Waals surface area (Å²) in [4.78, 5) is 0. The second-order valence-corrected chi connectivity index (χ2v) is 4.05. The summed E-state index contributed by atoms with van der Waals surface area (Å²) in [7, 11) is 2.53. The maximum Gasteiger partial charge on any atom is 0.420 e. The average molecular weight is 263 g/mol. The Labute approximate surface area is 104 Å². The highest BCUT2D eigenvalue weighted by atomic mass is 19.4. The van der Waals surface area contributed by atoms with E-state index in [1.807, 2.05) is 0 Å². The van der Waals surface area contributed by atoms with Gasteiger partial charge in [0.1, 0.15) is 17.1 Å². The summed E-state index contributed by atoms with van der Waals surface area (Å²) in [5.41, 5.74) is 5.16. The van der Waals surface area contributed by atoms with Crippen LogP contribution in [0.2, 0.25) is 0 Å². The topological polar surface area (TPSA) is 44.5 Å². The molecule has 0 radical (unpaired) electrons. The van der Waals surface area contributed by atoms with E-state index in [4.69, 9.17) is 15.2 Å². The molecule has 102 valence electrons. The molecule has 0 aliphatic heterocycles. The summed E-state index contributed by atoms with van der Waals surface area (Å²) in [6.07, 6.45) is -4.21. The molecule has 1 atom stereocenters. The van der Waals surface area contributed by atoms with Crippen LogP contribution in [0.15, 0.2) is 12.1 Å². The predicted molar refractivity (Wildman–Crippen MR) is 61.9 cm³/mol. The zero-order chi connectivity index (χ0) is 13.9. The molecular formula is C12H16F3NO2. The molecule has 1 rings (SSSR count). The average Bonchev–Trinajstić information content (AvgIpc) is 2.25. The Morgan fingerprint density at radius 1 is 1.22 bits per heavy atom. The Morgan fingerprint density at radius 2 is 1.83 bits per heavy atom. The number of rotatable bonds is 4. The fourth-order valence-corrected chi connectivity index (χ4v) is 1.73. The molecule has 0 fully saturated rings. The second kappa shape index (κ2) is 5.48. The van der Waals surface area contributed by atoms with Crippen LogP contribution in [0.4, 0.5) is 13.2 Å². The van der Waals surface area contributed by atoms with Gasteiger partial charge in [-0.15, -0.1) is 0 Å². The smallest absolute Gasteiger partial charge is 0.420 e. The van der Waals surface area contributed by atoms with Gasteiger partial charge >= 0.3 is 6.18 Å². The lowest BCUT2D eigenvalue weighted by atomic mass is 10.0. The molecule has 0 aliphatic rings. The minimum Gasteiger partial charge on any atom is -0.497 e. The highest BCUT2D eigenvalue weighted by Crippen LogP contribution is 2.41. The highest BCUT2D eigenvalue weighted by molar-refractivity contribution is 5.49. The lowest BCUT2D eigenvalue weighted by Crippen LogP contribution is -2.19. The fourth-order valence-electron chi connectivity index (χ4n) is 1.73. The predicted octanol–water partition coefficient (Wildman–Crippen LogP) is 2.61. The number of methoxy groups -OCH3 is 2. The monoisotopic (exact) mass is 263 g/mol. The number of hydrogen-bond donors (Lipinski definition) is 1. The summed E-state index contributed by atoms with van der Waals surface area (Å²) in [5, 5.41) is 0. The van der Waals surface area contributed by atoms with Crippen molar-refractivity contribution in [3.05, 3.63) is 23.3 Å². The Hall–Kier alpha value is -1.43. The summed E-state index contributed by atoms with van der Waals surface area (Å²) >= 11 is 0. The molecule has 1 aromatic carbocycles. The van der Waals surface area contributed by atoms with Crippen molar-refractivity contribution in [1.82, 2.24) is 0 Å². The molecule has 0 saturated carbocycles. The van der Waals surface area contributed by atoms with Crippen LogP contribution in [-0.2, 0) is 12.6 Å². The third-order valence-corrected chi connectivity index (χ3v) is 2.43. The van der Waals surface area contributed by atoms with E-state index in [-0.39, 0.29) is 24.0 Å². The molecule has 0 aliphatic carbocycles. The van der Waals surface area contributed by atoms with Gasteiger partial charge in [-0.3, -0.25) is 0 Å². The van der Waals surface area contributed by atoms with Crippen molar-refractivity contribution in [1.29, 1.82) is 0 Å². The number of ether oxygens (including phenoxy) is 2. The third-order valence-electron chi connectivity index (χ3n) is 2.43. The maximum absolute atomic E-state index is 12.9. The van der Waals surface area contributed by atoms with E-state index >= 15 is 0 Å². The minimum absolute atomic E-state index is 0.138. The van der Waals surface area contributed by atoms with Gasteiger partial charge in [-0.1, -0.05) is 0 Å². The first-order valence-electron chi connectivity index (χ1n) is 5.37. The molecule has 0 bridgehead atoms. The maximum atomic E-state index is 12.9. The van der Waals surface area contributed by atoms with Crippen molar-refractivity contribution < 1.29 is 22.6 Å². The minimum atomic E-state index is -4.49. The van der Waals surface area contributed by atoms with Crippen LogP contribution in [-0.4, -0.2) is 20.3 Å². The summed E-state index contributed by atoms with van der Waals surface area (Å²) in [6.45, 7) is 1.71. The van der Waals surface area contributed by atoms with Gasteiger partial charge in [-0.2, -0.15) is 13.2 Å². The van der Waals surface area contributed by atoms with Crippen LogP contribution in [0.5, 0.6) is 11.5 Å². The summed E-state index contributed by atoms with van der Waals surface area (Å²) < 4.78 is 48.5. The molecule has 3 nitrogen and oxygen atoms in total. The van der Waals surface area contributed by atoms with Crippen molar-refractivity contribution in [2.45, 2.75) is 25.6 Å². The molecule has 1 aromatic rings. The normalized spacial score (nSPS) is 13.3. The molecule has 0 heterocycles. The van der Waals surface area contributed by atoms with Crippen LogP contribution < -0.4 is 15.2 Å². The summed E-state index contributed by atoms with van der Waals surface area (Å²) in [6, 6.07) is 2.16. The van der Waals surface area contributed by atoms with Crippen molar-refractivity contribution in [3.63, 3.8) is 0 Å². The number of hydrogen-bond acceptors (Lipinski definition) is 3. The van der Waals surface area contributed by atoms with E-state index in [1.54, 1.807) is 6.92 Å². The quantitative estimate of drug-likeness (QED) is 0.908. The number of benzene rings is 1. The Morgan fingerprint density at radius 3 is 2.22 bits per heavy atom. The molecule has 1 unspecified atom stereocenters. The second-order valence-electron chi connectivity index (χ2n) is 4.05. The highest BCUT2D eigenvalue weighted by Gasteiger charge is 2.36. The first-order valence-corrected chi connectivity index (χ1v) is 5.37. The molecule has 0 spiro atoms. The lowest BCUT2D eigenvalue weighted by molar-refractivity contribution is -0.138. The Bertz CT molecular complexity index is 417. The first-order chi connectivity index (χ1) is 8.29. The Balaban J connectivity index is 3.40. The Kier molecular flexibility index (Phi) is 4.45. The van der Waals surface area contributed by atoms with E-state index in [0.29, 0.717) is 5.56 Å². The van der Waals surface area contributed by atoms with Crippen LogP contribution in [0.25, 0.3) is 0 Å². The van der Waals surface area contributed by atoms with Gasteiger partial charge in [0.2, 0.25) is 0 Å². The SMILES string of the molecule is COc1cc(CC(C)N)c(OC)c(C(F)(F)F)c1. The van der Waals surface area contributed by atoms with Crippen molar-refractivity contribution in [2.24, 2.45) is 5.73 Å². The van der Waals surface area contributed by atoms with Crippen molar-refractivity contribution >= 4 is 0 Å². The van der Waals surface area contributed by atoms with Gasteiger partial charge < -0.3 is 15.2 Å². The largest absolute Gasteiger partial charge is 0.497 e. The zero-order valence-corrected chi connectivity index (χ0v) is 10.5. The van der Waals surface area contributed by atoms with E-state index in [2.05, 4.69) is 0 Å². The van der Waals surface area contributed by atoms with E-state index in [0.717, 1.165) is 6.07 Å². The molecule has 6 heteroatoms. The van der Waals surface area contributed by atoms with Gasteiger partial charge in [0.05, 0.1) is 14.2 Å². The van der Waals surface area contributed by atoms with Gasteiger partial charge in [-0.25, -0.2) is 0 Å². The number of nitrogens with two attached hydrogens (primary N) is 1. The standard InChI is InChI=1S/C12H16F3NO2/c1-7(16)4-8-5-9(17-2)6-10(11(8)18-3)12(13,14)15/h5-7H,4,16H2,1-3H3. The van der Waals surface area contributed by atoms with Crippen molar-refractivity contribution in [3.8, 4) is 11.5 Å². The molecule has 2 N–H and O–H groups in total. The van der Waals surface area contributed by atoms with Crippen molar-refractivity contribution in [2.75, 3.05) is 14.2 Å². The van der Waals surface area contributed by atoms with Crippen LogP contribution in [0, 0.1) is 0 Å². The van der Waals surface area contributed by atoms with E-state index in [1.165, 1.54) is 20.3 Å². The van der Waals surface area contributed by atoms with Gasteiger partial charge in [0.15, 0.2) is 0 Å². The number of alkyl halides is 3. The lowest BCUT2D eigenvalue weighted by Gasteiger charge is -2.18. The van der Waals surface area contributed by atoms with E-state index < -0.39 is 11.7 Å². The van der Waals surface area contributed by atoms with E-state index in [9.17, 15) is 13.2 Å².